The molecule has 1 N–H and O–H groups in total. The number of nitrogens with zero attached hydrogens (tertiary/aromatic N) is 2. The summed E-state index contributed by atoms with van der Waals surface area (Å²) in [5, 5.41) is 0. The highest BCUT2D eigenvalue weighted by molar-refractivity contribution is 5.15. The standard InChI is InChI=1S/C20H27N3/c1-2-4-16(5-3-1)12-17-6-7-20-18(13-17)8-10-23(20)11-9-19-14-21-15-22-19/h1-5,14-15,17-18,20H,6-13H2,(H,21,22)/t17-,18?,20?/m0/s1. The van der Waals surface area contributed by atoms with Gasteiger partial charge in [0, 0.05) is 30.9 Å². The Kier molecular flexibility index (Phi) is 4.47. The minimum Gasteiger partial charge on any atom is -0.348 e. The summed E-state index contributed by atoms with van der Waals surface area (Å²) in [6, 6.07) is 11.9. The smallest absolute Gasteiger partial charge is 0.0921 e. The summed E-state index contributed by atoms with van der Waals surface area (Å²) in [4.78, 5) is 10.1. The second-order valence-electron chi connectivity index (χ2n) is 7.35. The molecule has 2 heterocycles. The Hall–Kier alpha value is -1.61. The van der Waals surface area contributed by atoms with E-state index in [4.69, 9.17) is 0 Å². The number of benzene rings is 1. The van der Waals surface area contributed by atoms with Crippen molar-refractivity contribution in [2.45, 2.75) is 44.6 Å². The molecule has 0 bridgehead atoms. The van der Waals surface area contributed by atoms with Crippen LogP contribution in [0.15, 0.2) is 42.9 Å². The van der Waals surface area contributed by atoms with Gasteiger partial charge in [-0.2, -0.15) is 0 Å². The van der Waals surface area contributed by atoms with Gasteiger partial charge in [-0.05, 0) is 56.0 Å². The average Bonchev–Trinajstić information content (AvgIpc) is 3.23. The molecule has 1 saturated heterocycles. The number of aromatic amines is 1. The van der Waals surface area contributed by atoms with Crippen LogP contribution in [0, 0.1) is 11.8 Å². The van der Waals surface area contributed by atoms with Gasteiger partial charge in [-0.15, -0.1) is 0 Å². The van der Waals surface area contributed by atoms with Gasteiger partial charge < -0.3 is 4.98 Å². The van der Waals surface area contributed by atoms with Gasteiger partial charge in [0.25, 0.3) is 0 Å². The van der Waals surface area contributed by atoms with Crippen molar-refractivity contribution < 1.29 is 0 Å². The number of nitrogens with one attached hydrogen (secondary N) is 1. The van der Waals surface area contributed by atoms with Gasteiger partial charge in [0.1, 0.15) is 0 Å². The molecule has 2 unspecified atom stereocenters. The molecule has 2 aliphatic rings. The van der Waals surface area contributed by atoms with Crippen LogP contribution in [0.5, 0.6) is 0 Å². The highest BCUT2D eigenvalue weighted by Gasteiger charge is 2.38. The zero-order valence-corrected chi connectivity index (χ0v) is 13.8. The van der Waals surface area contributed by atoms with Crippen LogP contribution in [-0.4, -0.2) is 34.0 Å². The molecule has 3 heteroatoms. The summed E-state index contributed by atoms with van der Waals surface area (Å²) in [6.07, 6.45) is 11.8. The Bertz CT molecular complexity index is 593. The molecule has 0 spiro atoms. The maximum atomic E-state index is 4.12. The van der Waals surface area contributed by atoms with Gasteiger partial charge in [-0.25, -0.2) is 4.98 Å². The van der Waals surface area contributed by atoms with Crippen LogP contribution in [0.1, 0.15) is 36.9 Å². The Labute approximate surface area is 139 Å². The van der Waals surface area contributed by atoms with Crippen LogP contribution >= 0.6 is 0 Å². The van der Waals surface area contributed by atoms with Crippen LogP contribution in [0.25, 0.3) is 0 Å². The molecule has 122 valence electrons. The Morgan fingerprint density at radius 2 is 2.04 bits per heavy atom. The molecule has 1 aliphatic carbocycles. The van der Waals surface area contributed by atoms with E-state index in [-0.39, 0.29) is 0 Å². The number of likely N-dealkylation sites (tertiary alicyclic amines) is 1. The third-order valence-electron chi connectivity index (χ3n) is 5.90. The van der Waals surface area contributed by atoms with Gasteiger partial charge in [-0.3, -0.25) is 4.90 Å². The van der Waals surface area contributed by atoms with E-state index < -0.39 is 0 Å². The summed E-state index contributed by atoms with van der Waals surface area (Å²) >= 11 is 0. The van der Waals surface area contributed by atoms with E-state index in [9.17, 15) is 0 Å². The van der Waals surface area contributed by atoms with E-state index in [1.165, 1.54) is 56.5 Å². The molecule has 2 fully saturated rings. The predicted octanol–water partition coefficient (Wildman–Crippen LogP) is 3.69. The second kappa shape index (κ2) is 6.88. The molecule has 1 saturated carbocycles. The molecule has 1 aliphatic heterocycles. The highest BCUT2D eigenvalue weighted by Crippen LogP contribution is 2.40. The number of rotatable bonds is 5. The van der Waals surface area contributed by atoms with Crippen LogP contribution in [-0.2, 0) is 12.8 Å². The zero-order chi connectivity index (χ0) is 15.5. The third-order valence-corrected chi connectivity index (χ3v) is 5.90. The Morgan fingerprint density at radius 3 is 2.87 bits per heavy atom. The number of H-pyrrole nitrogens is 1. The number of fused-ring (bicyclic) bond motifs is 1. The lowest BCUT2D eigenvalue weighted by molar-refractivity contribution is 0.152. The number of aromatic nitrogens is 2. The van der Waals surface area contributed by atoms with Gasteiger partial charge in [-0.1, -0.05) is 30.3 Å². The van der Waals surface area contributed by atoms with E-state index in [2.05, 4.69) is 45.2 Å². The van der Waals surface area contributed by atoms with Crippen molar-refractivity contribution in [3.8, 4) is 0 Å². The van der Waals surface area contributed by atoms with Crippen molar-refractivity contribution in [3.63, 3.8) is 0 Å². The fraction of sp³-hybridized carbons (Fsp3) is 0.550. The summed E-state index contributed by atoms with van der Waals surface area (Å²) < 4.78 is 0. The summed E-state index contributed by atoms with van der Waals surface area (Å²) in [5.74, 6) is 1.82. The molecule has 23 heavy (non-hydrogen) atoms. The molecule has 3 nitrogen and oxygen atoms in total. The minimum atomic E-state index is 0.838. The SMILES string of the molecule is c1ccc(C[C@@H]2CCC3C(CCN3CCc3cnc[nH]3)C2)cc1. The molecule has 1 aromatic carbocycles. The lowest BCUT2D eigenvalue weighted by Gasteiger charge is -2.36. The van der Waals surface area contributed by atoms with Crippen LogP contribution in [0.4, 0.5) is 0 Å². The average molecular weight is 309 g/mol. The van der Waals surface area contributed by atoms with Crippen LogP contribution in [0.2, 0.25) is 0 Å². The third kappa shape index (κ3) is 3.50. The van der Waals surface area contributed by atoms with E-state index in [1.807, 2.05) is 6.20 Å². The predicted molar refractivity (Wildman–Crippen MR) is 93.2 cm³/mol. The topological polar surface area (TPSA) is 31.9 Å². The molecule has 2 aromatic rings. The van der Waals surface area contributed by atoms with Crippen LogP contribution in [0.3, 0.4) is 0 Å². The van der Waals surface area contributed by atoms with Crippen molar-refractivity contribution in [1.29, 1.82) is 0 Å². The summed E-state index contributed by atoms with van der Waals surface area (Å²) in [5.41, 5.74) is 2.79. The maximum absolute atomic E-state index is 4.12. The second-order valence-corrected chi connectivity index (χ2v) is 7.35. The van der Waals surface area contributed by atoms with E-state index in [0.717, 1.165) is 24.3 Å². The summed E-state index contributed by atoms with van der Waals surface area (Å²) in [6.45, 7) is 2.48. The Morgan fingerprint density at radius 1 is 1.13 bits per heavy atom. The van der Waals surface area contributed by atoms with Crippen molar-refractivity contribution in [1.82, 2.24) is 14.9 Å². The van der Waals surface area contributed by atoms with Crippen molar-refractivity contribution in [2.24, 2.45) is 11.8 Å². The largest absolute Gasteiger partial charge is 0.348 e. The molecular weight excluding hydrogens is 282 g/mol. The number of imidazole rings is 1. The first kappa shape index (κ1) is 14.9. The molecule has 0 amide bonds. The van der Waals surface area contributed by atoms with Gasteiger partial charge in [0.2, 0.25) is 0 Å². The van der Waals surface area contributed by atoms with E-state index in [0.29, 0.717) is 0 Å². The van der Waals surface area contributed by atoms with Crippen molar-refractivity contribution >= 4 is 0 Å². The monoisotopic (exact) mass is 309 g/mol. The summed E-state index contributed by atoms with van der Waals surface area (Å²) in [7, 11) is 0. The first-order chi connectivity index (χ1) is 11.4. The molecule has 0 radical (unpaired) electrons. The van der Waals surface area contributed by atoms with Crippen molar-refractivity contribution in [3.05, 3.63) is 54.1 Å². The first-order valence-corrected chi connectivity index (χ1v) is 9.14. The van der Waals surface area contributed by atoms with Gasteiger partial charge in [0.15, 0.2) is 0 Å². The molecule has 3 atom stereocenters. The maximum Gasteiger partial charge on any atom is 0.0921 e. The lowest BCUT2D eigenvalue weighted by atomic mass is 9.76. The lowest BCUT2D eigenvalue weighted by Crippen LogP contribution is -2.38. The van der Waals surface area contributed by atoms with E-state index >= 15 is 0 Å². The Balaban J connectivity index is 1.30. The van der Waals surface area contributed by atoms with Crippen LogP contribution < -0.4 is 0 Å². The fourth-order valence-electron chi connectivity index (χ4n) is 4.73. The zero-order valence-electron chi connectivity index (χ0n) is 13.8. The molecule has 1 aromatic heterocycles. The normalized spacial score (nSPS) is 27.9. The number of hydrogen-bond donors (Lipinski definition) is 1. The van der Waals surface area contributed by atoms with Gasteiger partial charge >= 0.3 is 0 Å². The van der Waals surface area contributed by atoms with Crippen molar-refractivity contribution in [2.75, 3.05) is 13.1 Å². The van der Waals surface area contributed by atoms with E-state index in [1.54, 1.807) is 6.33 Å². The van der Waals surface area contributed by atoms with Gasteiger partial charge in [0.05, 0.1) is 6.33 Å². The highest BCUT2D eigenvalue weighted by atomic mass is 15.2. The molecular formula is C20H27N3. The fourth-order valence-corrected chi connectivity index (χ4v) is 4.73. The molecule has 4 rings (SSSR count). The minimum absolute atomic E-state index is 0.838. The quantitative estimate of drug-likeness (QED) is 0.913. The first-order valence-electron chi connectivity index (χ1n) is 9.14. The number of hydrogen-bond acceptors (Lipinski definition) is 2.